The van der Waals surface area contributed by atoms with Gasteiger partial charge in [0, 0.05) is 10.5 Å². The third-order valence-corrected chi connectivity index (χ3v) is 3.56. The van der Waals surface area contributed by atoms with Crippen molar-refractivity contribution in [2.24, 2.45) is 0 Å². The van der Waals surface area contributed by atoms with Gasteiger partial charge in [-0.1, -0.05) is 15.9 Å². The van der Waals surface area contributed by atoms with Gasteiger partial charge in [-0.25, -0.2) is 4.39 Å². The van der Waals surface area contributed by atoms with Crippen LogP contribution in [0.4, 0.5) is 21.5 Å². The average molecular weight is 385 g/mol. The van der Waals surface area contributed by atoms with E-state index in [0.717, 1.165) is 4.47 Å². The summed E-state index contributed by atoms with van der Waals surface area (Å²) >= 11 is 6.35. The van der Waals surface area contributed by atoms with Crippen molar-refractivity contribution in [3.63, 3.8) is 0 Å². The predicted molar refractivity (Wildman–Crippen MR) is 80.7 cm³/mol. The number of halogens is 3. The van der Waals surface area contributed by atoms with Crippen molar-refractivity contribution in [1.82, 2.24) is 0 Å². The maximum absolute atomic E-state index is 13.5. The lowest BCUT2D eigenvalue weighted by Crippen LogP contribution is -1.99. The summed E-state index contributed by atoms with van der Waals surface area (Å²) in [5.41, 5.74) is 7.62. The zero-order chi connectivity index (χ0) is 14.0. The molecule has 0 saturated heterocycles. The number of anilines is 3. The summed E-state index contributed by atoms with van der Waals surface area (Å²) < 4.78 is 14.6. The van der Waals surface area contributed by atoms with E-state index in [9.17, 15) is 4.39 Å². The highest BCUT2D eigenvalue weighted by Crippen LogP contribution is 2.30. The maximum Gasteiger partial charge on any atom is 0.139 e. The van der Waals surface area contributed by atoms with E-state index >= 15 is 0 Å². The molecule has 0 aliphatic rings. The maximum atomic E-state index is 13.5. The minimum Gasteiger partial charge on any atom is -0.397 e. The quantitative estimate of drug-likeness (QED) is 0.746. The molecule has 0 heterocycles. The lowest BCUT2D eigenvalue weighted by molar-refractivity contribution is 0.622. The molecule has 96 valence electrons. The molecule has 3 nitrogen and oxygen atoms in total. The van der Waals surface area contributed by atoms with Crippen LogP contribution in [0.1, 0.15) is 5.56 Å². The second-order valence-corrected chi connectivity index (χ2v) is 5.55. The first-order valence-electron chi connectivity index (χ1n) is 5.22. The Hall–Kier alpha value is -1.58. The molecule has 0 atom stereocenters. The number of nitrogens with one attached hydrogen (secondary N) is 1. The largest absolute Gasteiger partial charge is 0.397 e. The number of nitrogens with two attached hydrogens (primary N) is 1. The lowest BCUT2D eigenvalue weighted by Gasteiger charge is -2.11. The van der Waals surface area contributed by atoms with Gasteiger partial charge >= 0.3 is 0 Å². The summed E-state index contributed by atoms with van der Waals surface area (Å²) in [4.78, 5) is 0. The van der Waals surface area contributed by atoms with Crippen molar-refractivity contribution in [2.45, 2.75) is 0 Å². The van der Waals surface area contributed by atoms with Crippen LogP contribution in [0.2, 0.25) is 0 Å². The van der Waals surface area contributed by atoms with Gasteiger partial charge in [-0.2, -0.15) is 5.26 Å². The van der Waals surface area contributed by atoms with Crippen LogP contribution in [-0.2, 0) is 0 Å². The number of nitrogens with zero attached hydrogens (tertiary/aromatic N) is 1. The zero-order valence-corrected chi connectivity index (χ0v) is 12.7. The Labute approximate surface area is 126 Å². The van der Waals surface area contributed by atoms with Gasteiger partial charge in [-0.3, -0.25) is 0 Å². The van der Waals surface area contributed by atoms with Gasteiger partial charge in [0.15, 0.2) is 0 Å². The Morgan fingerprint density at radius 1 is 1.16 bits per heavy atom. The molecule has 0 fully saturated rings. The predicted octanol–water partition coefficient (Wildman–Crippen LogP) is 4.55. The van der Waals surface area contributed by atoms with Crippen LogP contribution in [0.5, 0.6) is 0 Å². The number of nitriles is 1. The van der Waals surface area contributed by atoms with Gasteiger partial charge in [-0.05, 0) is 40.2 Å². The van der Waals surface area contributed by atoms with E-state index in [-0.39, 0.29) is 0 Å². The number of benzene rings is 2. The van der Waals surface area contributed by atoms with Gasteiger partial charge in [0.2, 0.25) is 0 Å². The van der Waals surface area contributed by atoms with Crippen LogP contribution >= 0.6 is 31.9 Å². The first-order valence-corrected chi connectivity index (χ1v) is 6.81. The normalized spacial score (nSPS) is 10.0. The first-order chi connectivity index (χ1) is 9.01. The van der Waals surface area contributed by atoms with E-state index in [1.165, 1.54) is 12.1 Å². The molecule has 2 aromatic carbocycles. The average Bonchev–Trinajstić information content (AvgIpc) is 2.37. The molecular formula is C13H8Br2FN3. The van der Waals surface area contributed by atoms with Gasteiger partial charge < -0.3 is 11.1 Å². The highest BCUT2D eigenvalue weighted by atomic mass is 79.9. The van der Waals surface area contributed by atoms with E-state index in [4.69, 9.17) is 11.0 Å². The first kappa shape index (κ1) is 13.8. The molecule has 0 aromatic heterocycles. The summed E-state index contributed by atoms with van der Waals surface area (Å²) in [6.07, 6.45) is 0. The fourth-order valence-electron chi connectivity index (χ4n) is 1.53. The number of nitrogen functional groups attached to an aromatic ring is 1. The molecule has 0 amide bonds. The van der Waals surface area contributed by atoms with Crippen LogP contribution in [0.25, 0.3) is 0 Å². The Balaban J connectivity index is 2.42. The second-order valence-electron chi connectivity index (χ2n) is 3.78. The Bertz CT molecular complexity index is 680. The summed E-state index contributed by atoms with van der Waals surface area (Å²) in [6, 6.07) is 10.0. The molecule has 0 unspecified atom stereocenters. The SMILES string of the molecule is N#Cc1cc(Br)ccc1Nc1cc(F)c(Br)cc1N. The number of hydrogen-bond donors (Lipinski definition) is 2. The highest BCUT2D eigenvalue weighted by molar-refractivity contribution is 9.10. The van der Waals surface area contributed by atoms with E-state index in [1.807, 2.05) is 0 Å². The molecule has 2 rings (SSSR count). The van der Waals surface area contributed by atoms with E-state index in [1.54, 1.807) is 18.2 Å². The van der Waals surface area contributed by atoms with Crippen molar-refractivity contribution >= 4 is 48.9 Å². The summed E-state index contributed by atoms with van der Waals surface area (Å²) in [6.45, 7) is 0. The number of rotatable bonds is 2. The van der Waals surface area contributed by atoms with Gasteiger partial charge in [0.05, 0.1) is 27.1 Å². The van der Waals surface area contributed by atoms with Crippen LogP contribution in [0.15, 0.2) is 39.3 Å². The van der Waals surface area contributed by atoms with E-state index in [2.05, 4.69) is 43.2 Å². The Morgan fingerprint density at radius 3 is 2.58 bits per heavy atom. The molecule has 0 bridgehead atoms. The van der Waals surface area contributed by atoms with Crippen LogP contribution in [0.3, 0.4) is 0 Å². The molecule has 0 saturated carbocycles. The molecule has 0 aliphatic heterocycles. The van der Waals surface area contributed by atoms with Crippen molar-refractivity contribution < 1.29 is 4.39 Å². The van der Waals surface area contributed by atoms with Gasteiger partial charge in [0.1, 0.15) is 11.9 Å². The standard InChI is InChI=1S/C13H8Br2FN3/c14-8-1-2-12(7(3-8)6-17)19-13-5-10(16)9(15)4-11(13)18/h1-5,19H,18H2. The molecule has 2 aromatic rings. The minimum atomic E-state index is -0.424. The van der Waals surface area contributed by atoms with Crippen molar-refractivity contribution in [3.8, 4) is 6.07 Å². The van der Waals surface area contributed by atoms with Crippen LogP contribution in [0, 0.1) is 17.1 Å². The molecular weight excluding hydrogens is 377 g/mol. The van der Waals surface area contributed by atoms with Crippen molar-refractivity contribution in [1.29, 1.82) is 5.26 Å². The summed E-state index contributed by atoms with van der Waals surface area (Å²) in [5.74, 6) is -0.424. The second kappa shape index (κ2) is 5.59. The van der Waals surface area contributed by atoms with Crippen LogP contribution in [-0.4, -0.2) is 0 Å². The third-order valence-electron chi connectivity index (χ3n) is 2.46. The Kier molecular flexibility index (Phi) is 4.08. The molecule has 0 aliphatic carbocycles. The zero-order valence-electron chi connectivity index (χ0n) is 9.55. The van der Waals surface area contributed by atoms with Crippen molar-refractivity contribution in [2.75, 3.05) is 11.1 Å². The summed E-state index contributed by atoms with van der Waals surface area (Å²) in [7, 11) is 0. The minimum absolute atomic E-state index is 0.298. The third kappa shape index (κ3) is 3.06. The topological polar surface area (TPSA) is 61.8 Å². The fourth-order valence-corrected chi connectivity index (χ4v) is 2.26. The highest BCUT2D eigenvalue weighted by Gasteiger charge is 2.09. The smallest absolute Gasteiger partial charge is 0.139 e. The fraction of sp³-hybridized carbons (Fsp3) is 0. The summed E-state index contributed by atoms with van der Waals surface area (Å²) in [5, 5.41) is 12.0. The lowest BCUT2D eigenvalue weighted by atomic mass is 10.2. The van der Waals surface area contributed by atoms with Gasteiger partial charge in [0.25, 0.3) is 0 Å². The van der Waals surface area contributed by atoms with Gasteiger partial charge in [-0.15, -0.1) is 0 Å². The molecule has 19 heavy (non-hydrogen) atoms. The van der Waals surface area contributed by atoms with Crippen LogP contribution < -0.4 is 11.1 Å². The molecule has 3 N–H and O–H groups in total. The number of hydrogen-bond acceptors (Lipinski definition) is 3. The van der Waals surface area contributed by atoms with Crippen molar-refractivity contribution in [3.05, 3.63) is 50.7 Å². The Morgan fingerprint density at radius 2 is 1.89 bits per heavy atom. The van der Waals surface area contributed by atoms with E-state index < -0.39 is 5.82 Å². The van der Waals surface area contributed by atoms with E-state index in [0.29, 0.717) is 27.1 Å². The monoisotopic (exact) mass is 383 g/mol. The molecule has 0 radical (unpaired) electrons. The molecule has 0 spiro atoms. The molecule has 6 heteroatoms.